The maximum absolute atomic E-state index is 9.44. The highest BCUT2D eigenvalue weighted by Crippen LogP contribution is 2.21. The number of nitrogens with two attached hydrogens (primary N) is 1. The monoisotopic (exact) mass is 481 g/mol. The van der Waals surface area contributed by atoms with Crippen molar-refractivity contribution in [2.75, 3.05) is 19.3 Å². The fraction of sp³-hybridized carbons (Fsp3) is 0.421. The Kier molecular flexibility index (Phi) is 9.64. The number of rotatable bonds is 7. The number of aliphatic imine (C=N–C) groups is 1. The van der Waals surface area contributed by atoms with E-state index in [1.54, 1.807) is 11.7 Å². The molecule has 2 rings (SSSR count). The first-order valence-electron chi connectivity index (χ1n) is 8.90. The second kappa shape index (κ2) is 11.4. The average molecular weight is 481 g/mol. The minimum absolute atomic E-state index is 0. The Morgan fingerprint density at radius 2 is 2.07 bits per heavy atom. The second-order valence-electron chi connectivity index (χ2n) is 6.12. The molecule has 0 spiro atoms. The predicted octanol–water partition coefficient (Wildman–Crippen LogP) is 2.84. The Balaban J connectivity index is 0.00000364. The number of halogens is 1. The predicted molar refractivity (Wildman–Crippen MR) is 121 cm³/mol. The molecule has 0 saturated heterocycles. The van der Waals surface area contributed by atoms with Crippen molar-refractivity contribution in [2.45, 2.75) is 39.2 Å². The van der Waals surface area contributed by atoms with Gasteiger partial charge in [0.25, 0.3) is 0 Å². The van der Waals surface area contributed by atoms with Gasteiger partial charge in [0.05, 0.1) is 11.4 Å². The molecular weight excluding hydrogens is 453 g/mol. The van der Waals surface area contributed by atoms with Crippen molar-refractivity contribution in [1.29, 1.82) is 5.26 Å². The van der Waals surface area contributed by atoms with Crippen molar-refractivity contribution in [3.8, 4) is 11.8 Å². The zero-order valence-electron chi connectivity index (χ0n) is 16.1. The molecule has 2 aromatic rings. The Labute approximate surface area is 178 Å². The summed E-state index contributed by atoms with van der Waals surface area (Å²) >= 11 is 0. The summed E-state index contributed by atoms with van der Waals surface area (Å²) in [7, 11) is 1.76. The van der Waals surface area contributed by atoms with Crippen molar-refractivity contribution < 1.29 is 0 Å². The van der Waals surface area contributed by atoms with E-state index in [2.05, 4.69) is 40.6 Å². The van der Waals surface area contributed by atoms with E-state index in [0.717, 1.165) is 36.7 Å². The van der Waals surface area contributed by atoms with Crippen LogP contribution in [0.15, 0.2) is 35.3 Å². The van der Waals surface area contributed by atoms with Gasteiger partial charge in [-0.2, -0.15) is 10.4 Å². The molecule has 0 bridgehead atoms. The summed E-state index contributed by atoms with van der Waals surface area (Å²) in [4.78, 5) is 4.21. The quantitative estimate of drug-likeness (QED) is 0.244. The number of anilines is 1. The summed E-state index contributed by atoms with van der Waals surface area (Å²) in [6, 6.07) is 12.2. The molecule has 1 unspecified atom stereocenters. The van der Waals surface area contributed by atoms with Gasteiger partial charge in [-0.05, 0) is 38.3 Å². The number of aryl methyl sites for hydroxylation is 1. The molecule has 27 heavy (non-hydrogen) atoms. The van der Waals surface area contributed by atoms with Crippen molar-refractivity contribution in [2.24, 2.45) is 4.99 Å². The minimum atomic E-state index is 0. The molecule has 0 aliphatic heterocycles. The van der Waals surface area contributed by atoms with Gasteiger partial charge in [0, 0.05) is 19.6 Å². The van der Waals surface area contributed by atoms with Crippen LogP contribution in [0.2, 0.25) is 0 Å². The maximum Gasteiger partial charge on any atom is 0.191 e. The van der Waals surface area contributed by atoms with E-state index in [4.69, 9.17) is 5.73 Å². The van der Waals surface area contributed by atoms with Crippen LogP contribution < -0.4 is 16.4 Å². The zero-order chi connectivity index (χ0) is 18.9. The Morgan fingerprint density at radius 1 is 1.37 bits per heavy atom. The fourth-order valence-corrected chi connectivity index (χ4v) is 2.53. The van der Waals surface area contributed by atoms with Gasteiger partial charge in [-0.1, -0.05) is 25.1 Å². The van der Waals surface area contributed by atoms with E-state index in [-0.39, 0.29) is 24.0 Å². The average Bonchev–Trinajstić information content (AvgIpc) is 3.00. The molecule has 0 aliphatic rings. The maximum atomic E-state index is 9.44. The smallest absolute Gasteiger partial charge is 0.191 e. The third-order valence-corrected chi connectivity index (χ3v) is 4.21. The van der Waals surface area contributed by atoms with Gasteiger partial charge in [-0.15, -0.1) is 24.0 Å². The van der Waals surface area contributed by atoms with Crippen LogP contribution in [0.25, 0.3) is 5.69 Å². The first-order chi connectivity index (χ1) is 12.6. The van der Waals surface area contributed by atoms with Crippen LogP contribution in [0, 0.1) is 11.3 Å². The van der Waals surface area contributed by atoms with Crippen LogP contribution in [0.5, 0.6) is 0 Å². The topological polar surface area (TPSA) is 104 Å². The van der Waals surface area contributed by atoms with Gasteiger partial charge in [0.1, 0.15) is 17.5 Å². The highest BCUT2D eigenvalue weighted by atomic mass is 127. The van der Waals surface area contributed by atoms with Crippen LogP contribution in [-0.2, 0) is 6.42 Å². The summed E-state index contributed by atoms with van der Waals surface area (Å²) in [6.45, 7) is 4.98. The van der Waals surface area contributed by atoms with E-state index in [1.807, 2.05) is 30.3 Å². The van der Waals surface area contributed by atoms with Crippen LogP contribution in [0.4, 0.5) is 5.82 Å². The molecule has 0 amide bonds. The van der Waals surface area contributed by atoms with Crippen LogP contribution >= 0.6 is 24.0 Å². The first-order valence-corrected chi connectivity index (χ1v) is 8.90. The van der Waals surface area contributed by atoms with E-state index >= 15 is 0 Å². The summed E-state index contributed by atoms with van der Waals surface area (Å²) in [5.74, 6) is 1.17. The standard InChI is InChI=1S/C19H27N7.HI/c1-4-14(2)24-19(22-3)23-12-8-11-17-16(13-20)18(21)26(25-17)15-9-6-5-7-10-15;/h5-7,9-10,14H,4,8,11-12,21H2,1-3H3,(H2,22,23,24);1H. The Bertz CT molecular complexity index is 777. The van der Waals surface area contributed by atoms with Gasteiger partial charge >= 0.3 is 0 Å². The first kappa shape index (κ1) is 22.8. The second-order valence-corrected chi connectivity index (χ2v) is 6.12. The lowest BCUT2D eigenvalue weighted by Crippen LogP contribution is -2.42. The number of nitrogen functional groups attached to an aromatic ring is 1. The lowest BCUT2D eigenvalue weighted by Gasteiger charge is -2.16. The Hall–Kier alpha value is -2.28. The third kappa shape index (κ3) is 6.13. The van der Waals surface area contributed by atoms with Crippen molar-refractivity contribution in [3.63, 3.8) is 0 Å². The van der Waals surface area contributed by atoms with Gasteiger partial charge in [-0.3, -0.25) is 4.99 Å². The lowest BCUT2D eigenvalue weighted by molar-refractivity contribution is 0.619. The van der Waals surface area contributed by atoms with Crippen LogP contribution in [0.1, 0.15) is 37.9 Å². The molecule has 0 radical (unpaired) electrons. The zero-order valence-corrected chi connectivity index (χ0v) is 18.4. The third-order valence-electron chi connectivity index (χ3n) is 4.21. The largest absolute Gasteiger partial charge is 0.382 e. The molecule has 1 heterocycles. The van der Waals surface area contributed by atoms with E-state index in [9.17, 15) is 5.26 Å². The SMILES string of the molecule is CCC(C)NC(=NC)NCCCc1nn(-c2ccccc2)c(N)c1C#N.I. The number of aromatic nitrogens is 2. The number of benzene rings is 1. The van der Waals surface area contributed by atoms with E-state index in [0.29, 0.717) is 23.8 Å². The van der Waals surface area contributed by atoms with Crippen LogP contribution in [0.3, 0.4) is 0 Å². The highest BCUT2D eigenvalue weighted by molar-refractivity contribution is 14.0. The molecule has 0 fully saturated rings. The molecule has 7 nitrogen and oxygen atoms in total. The normalized spacial score (nSPS) is 12.0. The molecule has 1 atom stereocenters. The van der Waals surface area contributed by atoms with Gasteiger partial charge in [-0.25, -0.2) is 4.68 Å². The minimum Gasteiger partial charge on any atom is -0.382 e. The number of hydrogen-bond acceptors (Lipinski definition) is 4. The number of nitrogens with zero attached hydrogens (tertiary/aromatic N) is 4. The van der Waals surface area contributed by atoms with Crippen LogP contribution in [-0.4, -0.2) is 35.4 Å². The van der Waals surface area contributed by atoms with Crippen molar-refractivity contribution in [3.05, 3.63) is 41.6 Å². The van der Waals surface area contributed by atoms with Gasteiger partial charge in [0.15, 0.2) is 5.96 Å². The lowest BCUT2D eigenvalue weighted by atomic mass is 10.1. The molecule has 8 heteroatoms. The Morgan fingerprint density at radius 3 is 2.67 bits per heavy atom. The fourth-order valence-electron chi connectivity index (χ4n) is 2.53. The summed E-state index contributed by atoms with van der Waals surface area (Å²) < 4.78 is 1.63. The van der Waals surface area contributed by atoms with Gasteiger partial charge < -0.3 is 16.4 Å². The number of hydrogen-bond donors (Lipinski definition) is 3. The number of nitrogens with one attached hydrogen (secondary N) is 2. The molecule has 1 aromatic heterocycles. The number of para-hydroxylation sites is 1. The highest BCUT2D eigenvalue weighted by Gasteiger charge is 2.16. The van der Waals surface area contributed by atoms with E-state index < -0.39 is 0 Å². The molecule has 0 saturated carbocycles. The van der Waals surface area contributed by atoms with Crippen molar-refractivity contribution in [1.82, 2.24) is 20.4 Å². The van der Waals surface area contributed by atoms with Crippen molar-refractivity contribution >= 4 is 35.8 Å². The summed E-state index contributed by atoms with van der Waals surface area (Å²) in [5.41, 5.74) is 8.15. The molecule has 1 aromatic carbocycles. The van der Waals surface area contributed by atoms with Gasteiger partial charge in [0.2, 0.25) is 0 Å². The molecule has 4 N–H and O–H groups in total. The molecule has 0 aliphatic carbocycles. The summed E-state index contributed by atoms with van der Waals surface area (Å²) in [6.07, 6.45) is 2.52. The molecular formula is C19H28IN7. The number of nitriles is 1. The summed E-state index contributed by atoms with van der Waals surface area (Å²) in [5, 5.41) is 20.6. The van der Waals surface area contributed by atoms with E-state index in [1.165, 1.54) is 0 Å². The number of guanidine groups is 1. The molecule has 146 valence electrons.